The molecule has 1 aliphatic heterocycles. The fourth-order valence-electron chi connectivity index (χ4n) is 5.55. The number of nitrogens with zero attached hydrogens (tertiary/aromatic N) is 2. The van der Waals surface area contributed by atoms with Gasteiger partial charge in [0.15, 0.2) is 0 Å². The van der Waals surface area contributed by atoms with E-state index in [4.69, 9.17) is 4.74 Å². The molecule has 1 atom stereocenters. The lowest BCUT2D eigenvalue weighted by atomic mass is 9.93. The van der Waals surface area contributed by atoms with Crippen molar-refractivity contribution in [3.63, 3.8) is 0 Å². The second kappa shape index (κ2) is 11.9. The molecule has 0 aliphatic carbocycles. The average Bonchev–Trinajstić information content (AvgIpc) is 2.85. The molecule has 2 aromatic carbocycles. The highest BCUT2D eigenvalue weighted by molar-refractivity contribution is 5.94. The Morgan fingerprint density at radius 3 is 2.16 bits per heavy atom. The van der Waals surface area contributed by atoms with E-state index in [1.54, 1.807) is 4.90 Å². The minimum Gasteiger partial charge on any atom is -0.493 e. The summed E-state index contributed by atoms with van der Waals surface area (Å²) >= 11 is 0. The molecule has 0 radical (unpaired) electrons. The van der Waals surface area contributed by atoms with E-state index in [1.807, 2.05) is 0 Å². The number of hydrogen-bond acceptors (Lipinski definition) is 2. The van der Waals surface area contributed by atoms with E-state index in [0.29, 0.717) is 24.6 Å². The van der Waals surface area contributed by atoms with Gasteiger partial charge in [-0.2, -0.15) is 13.2 Å². The van der Waals surface area contributed by atoms with Crippen LogP contribution in [-0.4, -0.2) is 54.6 Å². The lowest BCUT2D eigenvalue weighted by Gasteiger charge is -2.50. The smallest absolute Gasteiger partial charge is 0.416 e. The molecule has 0 saturated carbocycles. The van der Waals surface area contributed by atoms with Crippen LogP contribution in [-0.2, 0) is 6.18 Å². The Balaban J connectivity index is 1.78. The van der Waals surface area contributed by atoms with Crippen LogP contribution in [0.25, 0.3) is 0 Å². The van der Waals surface area contributed by atoms with Crippen LogP contribution in [0.2, 0.25) is 0 Å². The highest BCUT2D eigenvalue weighted by atomic mass is 19.4. The van der Waals surface area contributed by atoms with E-state index >= 15 is 0 Å². The molecular weight excluding hydrogens is 477 g/mol. The normalized spacial score (nSPS) is 16.6. The zero-order valence-electron chi connectivity index (χ0n) is 23.1. The summed E-state index contributed by atoms with van der Waals surface area (Å²) in [6, 6.07) is 9.09. The van der Waals surface area contributed by atoms with Crippen LogP contribution >= 0.6 is 0 Å². The predicted octanol–water partition coefficient (Wildman–Crippen LogP) is 7.19. The first-order chi connectivity index (χ1) is 17.4. The summed E-state index contributed by atoms with van der Waals surface area (Å²) in [6.45, 7) is 17.7. The molecule has 1 fully saturated rings. The third-order valence-corrected chi connectivity index (χ3v) is 7.91. The van der Waals surface area contributed by atoms with E-state index in [2.05, 4.69) is 53.7 Å². The van der Waals surface area contributed by atoms with Crippen molar-refractivity contribution in [3.05, 3.63) is 64.2 Å². The molecule has 4 nitrogen and oxygen atoms in total. The number of benzene rings is 2. The summed E-state index contributed by atoms with van der Waals surface area (Å²) in [5.41, 5.74) is 3.31. The number of hydrogen-bond donors (Lipinski definition) is 0. The van der Waals surface area contributed by atoms with Crippen LogP contribution in [0.3, 0.4) is 0 Å². The van der Waals surface area contributed by atoms with Gasteiger partial charge in [0.25, 0.3) is 5.91 Å². The van der Waals surface area contributed by atoms with E-state index in [-0.39, 0.29) is 11.9 Å². The Hall–Kier alpha value is -2.54. The molecule has 1 amide bonds. The number of rotatable bonds is 9. The van der Waals surface area contributed by atoms with Gasteiger partial charge in [-0.3, -0.25) is 4.79 Å². The Morgan fingerprint density at radius 2 is 1.62 bits per heavy atom. The van der Waals surface area contributed by atoms with Gasteiger partial charge in [0.1, 0.15) is 11.8 Å². The highest BCUT2D eigenvalue weighted by Crippen LogP contribution is 2.37. The van der Waals surface area contributed by atoms with Gasteiger partial charge in [0, 0.05) is 17.0 Å². The number of ether oxygens (including phenoxy) is 1. The van der Waals surface area contributed by atoms with Crippen LogP contribution in [0, 0.1) is 19.8 Å². The van der Waals surface area contributed by atoms with Crippen molar-refractivity contribution >= 4 is 5.91 Å². The van der Waals surface area contributed by atoms with Crippen LogP contribution in [0.1, 0.15) is 79.2 Å². The lowest BCUT2D eigenvalue weighted by Crippen LogP contribution is -2.62. The van der Waals surface area contributed by atoms with Crippen molar-refractivity contribution in [2.45, 2.75) is 66.6 Å². The molecule has 1 saturated heterocycles. The third-order valence-electron chi connectivity index (χ3n) is 7.91. The summed E-state index contributed by atoms with van der Waals surface area (Å²) < 4.78 is 45.7. The Bertz CT molecular complexity index is 1060. The standard InChI is InChI=1S/C30H42F3N2O2/c1-7-8-19-37-28-14-13-27(22(4)23(28)5)24(6)35(20-21(2)3)17-15-34(16-18-35)29(36)25-9-11-26(12-10-25)30(31,32)33/h9-14,21,24H,7-8,15-20H2,1-6H3/q+1. The maximum atomic E-state index is 13.1. The molecule has 0 spiro atoms. The summed E-state index contributed by atoms with van der Waals surface area (Å²) in [5.74, 6) is 1.23. The van der Waals surface area contributed by atoms with Crippen LogP contribution in [0.15, 0.2) is 36.4 Å². The summed E-state index contributed by atoms with van der Waals surface area (Å²) in [7, 11) is 0. The first-order valence-electron chi connectivity index (χ1n) is 13.4. The predicted molar refractivity (Wildman–Crippen MR) is 142 cm³/mol. The molecule has 1 heterocycles. The SMILES string of the molecule is CCCCOc1ccc(C(C)[N+]2(CC(C)C)CCN(C(=O)c3ccc(C(F)(F)F)cc3)CC2)c(C)c1C. The molecule has 0 aromatic heterocycles. The molecule has 1 unspecified atom stereocenters. The van der Waals surface area contributed by atoms with Crippen LogP contribution in [0.4, 0.5) is 13.2 Å². The van der Waals surface area contributed by atoms with Crippen molar-refractivity contribution in [3.8, 4) is 5.75 Å². The molecule has 3 rings (SSSR count). The maximum Gasteiger partial charge on any atom is 0.416 e. The van der Waals surface area contributed by atoms with Gasteiger partial charge >= 0.3 is 6.18 Å². The van der Waals surface area contributed by atoms with Gasteiger partial charge in [-0.15, -0.1) is 0 Å². The summed E-state index contributed by atoms with van der Waals surface area (Å²) in [5, 5.41) is 0. The van der Waals surface area contributed by atoms with E-state index in [0.717, 1.165) is 61.4 Å². The summed E-state index contributed by atoms with van der Waals surface area (Å²) in [4.78, 5) is 14.9. The van der Waals surface area contributed by atoms with Gasteiger partial charge in [-0.05, 0) is 74.7 Å². The van der Waals surface area contributed by atoms with E-state index in [1.165, 1.54) is 28.8 Å². The summed E-state index contributed by atoms with van der Waals surface area (Å²) in [6.07, 6.45) is -2.28. The zero-order chi connectivity index (χ0) is 27.4. The largest absolute Gasteiger partial charge is 0.493 e. The van der Waals surface area contributed by atoms with E-state index in [9.17, 15) is 18.0 Å². The number of amides is 1. The van der Waals surface area contributed by atoms with Gasteiger partial charge in [-0.25, -0.2) is 0 Å². The third kappa shape index (κ3) is 6.67. The molecular formula is C30H42F3N2O2+. The fourth-order valence-corrected chi connectivity index (χ4v) is 5.55. The quantitative estimate of drug-likeness (QED) is 0.259. The number of carbonyl (C=O) groups is 1. The zero-order valence-corrected chi connectivity index (χ0v) is 23.1. The highest BCUT2D eigenvalue weighted by Gasteiger charge is 2.41. The fraction of sp³-hybridized carbons (Fsp3) is 0.567. The first kappa shape index (κ1) is 29.0. The molecule has 0 bridgehead atoms. The van der Waals surface area contributed by atoms with Gasteiger partial charge in [-0.1, -0.05) is 27.2 Å². The molecule has 204 valence electrons. The van der Waals surface area contributed by atoms with Crippen molar-refractivity contribution in [1.82, 2.24) is 4.90 Å². The number of carbonyl (C=O) groups excluding carboxylic acids is 1. The topological polar surface area (TPSA) is 29.5 Å². The van der Waals surface area contributed by atoms with Crippen molar-refractivity contribution in [2.24, 2.45) is 5.92 Å². The Kier molecular flexibility index (Phi) is 9.32. The van der Waals surface area contributed by atoms with Gasteiger partial charge in [0.2, 0.25) is 0 Å². The number of quaternary nitrogens is 1. The minimum atomic E-state index is -4.41. The number of unbranched alkanes of at least 4 members (excludes halogenated alkanes) is 1. The monoisotopic (exact) mass is 519 g/mol. The maximum absolute atomic E-state index is 13.1. The molecule has 2 aromatic rings. The first-order valence-corrected chi connectivity index (χ1v) is 13.4. The van der Waals surface area contributed by atoms with Gasteiger partial charge in [0.05, 0.1) is 44.9 Å². The molecule has 0 N–H and O–H groups in total. The van der Waals surface area contributed by atoms with Crippen molar-refractivity contribution in [1.29, 1.82) is 0 Å². The lowest BCUT2D eigenvalue weighted by molar-refractivity contribution is -0.961. The number of piperazine rings is 1. The minimum absolute atomic E-state index is 0.204. The van der Waals surface area contributed by atoms with Gasteiger partial charge < -0.3 is 14.1 Å². The number of alkyl halides is 3. The molecule has 7 heteroatoms. The van der Waals surface area contributed by atoms with Crippen LogP contribution in [0.5, 0.6) is 5.75 Å². The number of halogens is 3. The Labute approximate surface area is 220 Å². The Morgan fingerprint density at radius 1 is 1.00 bits per heavy atom. The molecule has 37 heavy (non-hydrogen) atoms. The van der Waals surface area contributed by atoms with E-state index < -0.39 is 11.7 Å². The second-order valence-electron chi connectivity index (χ2n) is 10.9. The van der Waals surface area contributed by atoms with Crippen molar-refractivity contribution < 1.29 is 27.2 Å². The van der Waals surface area contributed by atoms with Crippen LogP contribution < -0.4 is 4.74 Å². The average molecular weight is 520 g/mol. The van der Waals surface area contributed by atoms with Crippen molar-refractivity contribution in [2.75, 3.05) is 39.3 Å². The second-order valence-corrected chi connectivity index (χ2v) is 10.9. The molecule has 1 aliphatic rings.